The number of aliphatic hydroxyl groups excluding tert-OH is 1. The van der Waals surface area contributed by atoms with Crippen LogP contribution in [0.15, 0.2) is 28.7 Å². The van der Waals surface area contributed by atoms with Crippen LogP contribution >= 0.6 is 15.9 Å². The molecule has 0 aliphatic carbocycles. The molecule has 1 unspecified atom stereocenters. The Kier molecular flexibility index (Phi) is 4.15. The molecular weight excluding hydrogens is 286 g/mol. The summed E-state index contributed by atoms with van der Waals surface area (Å²) >= 11 is 3.38. The van der Waals surface area contributed by atoms with Crippen LogP contribution < -0.4 is 0 Å². The zero-order chi connectivity index (χ0) is 12.3. The van der Waals surface area contributed by atoms with Crippen LogP contribution in [0.5, 0.6) is 0 Å². The molecule has 1 saturated heterocycles. The third-order valence-electron chi connectivity index (χ3n) is 2.80. The summed E-state index contributed by atoms with van der Waals surface area (Å²) in [5.74, 6) is -0.240. The lowest BCUT2D eigenvalue weighted by Crippen LogP contribution is -2.43. The Balaban J connectivity index is 2.06. The van der Waals surface area contributed by atoms with Crippen molar-refractivity contribution in [2.24, 2.45) is 0 Å². The molecular formula is C12H14BrNO3. The maximum Gasteiger partial charge on any atom is 0.248 e. The van der Waals surface area contributed by atoms with E-state index in [-0.39, 0.29) is 12.0 Å². The first kappa shape index (κ1) is 12.5. The maximum absolute atomic E-state index is 11.4. The Morgan fingerprint density at radius 2 is 2.18 bits per heavy atom. The van der Waals surface area contributed by atoms with Crippen molar-refractivity contribution in [2.75, 3.05) is 26.3 Å². The molecule has 17 heavy (non-hydrogen) atoms. The van der Waals surface area contributed by atoms with Crippen molar-refractivity contribution < 1.29 is 14.6 Å². The van der Waals surface area contributed by atoms with Gasteiger partial charge in [0.1, 0.15) is 12.7 Å². The first-order valence-corrected chi connectivity index (χ1v) is 6.25. The van der Waals surface area contributed by atoms with Crippen molar-refractivity contribution in [1.29, 1.82) is 0 Å². The molecule has 1 aromatic rings. The lowest BCUT2D eigenvalue weighted by atomic mass is 10.1. The van der Waals surface area contributed by atoms with Gasteiger partial charge in [-0.2, -0.15) is 0 Å². The Bertz CT molecular complexity index is 393. The Hall–Kier alpha value is -0.910. The van der Waals surface area contributed by atoms with Crippen LogP contribution in [-0.2, 0) is 9.53 Å². The van der Waals surface area contributed by atoms with Crippen LogP contribution in [0, 0.1) is 0 Å². The number of carbonyl (C=O) groups is 1. The topological polar surface area (TPSA) is 49.8 Å². The highest BCUT2D eigenvalue weighted by atomic mass is 79.9. The second-order valence-electron chi connectivity index (χ2n) is 3.91. The van der Waals surface area contributed by atoms with Crippen LogP contribution in [0.2, 0.25) is 0 Å². The van der Waals surface area contributed by atoms with Crippen LogP contribution in [-0.4, -0.2) is 42.2 Å². The third-order valence-corrected chi connectivity index (χ3v) is 3.32. The molecule has 0 saturated carbocycles. The number of ether oxygens (including phenoxy) is 1. The number of hydrogen-bond acceptors (Lipinski definition) is 3. The van der Waals surface area contributed by atoms with E-state index in [1.165, 1.54) is 0 Å². The molecule has 5 heteroatoms. The molecule has 1 atom stereocenters. The molecule has 2 rings (SSSR count). The first-order chi connectivity index (χ1) is 8.20. The molecule has 1 aromatic carbocycles. The number of amides is 1. The minimum Gasteiger partial charge on any atom is -0.387 e. The Morgan fingerprint density at radius 3 is 2.82 bits per heavy atom. The molecule has 1 fully saturated rings. The van der Waals surface area contributed by atoms with Gasteiger partial charge in [-0.3, -0.25) is 4.79 Å². The number of hydrogen-bond donors (Lipinski definition) is 1. The molecule has 0 bridgehead atoms. The Labute approximate surface area is 108 Å². The zero-order valence-electron chi connectivity index (χ0n) is 9.30. The number of halogens is 1. The van der Waals surface area contributed by atoms with Crippen LogP contribution in [0.25, 0.3) is 0 Å². The fraction of sp³-hybridized carbons (Fsp3) is 0.417. The molecule has 1 heterocycles. The van der Waals surface area contributed by atoms with Gasteiger partial charge in [-0.1, -0.05) is 28.1 Å². The summed E-state index contributed by atoms with van der Waals surface area (Å²) in [6.45, 7) is 1.12. The van der Waals surface area contributed by atoms with Gasteiger partial charge in [-0.25, -0.2) is 0 Å². The molecule has 1 aliphatic heterocycles. The van der Waals surface area contributed by atoms with Crippen molar-refractivity contribution >= 4 is 21.8 Å². The quantitative estimate of drug-likeness (QED) is 0.897. The van der Waals surface area contributed by atoms with Crippen LogP contribution in [0.1, 0.15) is 11.7 Å². The summed E-state index contributed by atoms with van der Waals surface area (Å²) < 4.78 is 6.65. The molecule has 1 amide bonds. The van der Waals surface area contributed by atoms with Crippen molar-refractivity contribution in [3.8, 4) is 0 Å². The highest BCUT2D eigenvalue weighted by molar-refractivity contribution is 9.10. The second kappa shape index (κ2) is 5.62. The van der Waals surface area contributed by atoms with E-state index in [1.54, 1.807) is 4.90 Å². The number of carbonyl (C=O) groups excluding carboxylic acids is 1. The second-order valence-corrected chi connectivity index (χ2v) is 4.82. The average Bonchev–Trinajstić information content (AvgIpc) is 2.39. The summed E-state index contributed by atoms with van der Waals surface area (Å²) in [5, 5.41) is 8.84. The van der Waals surface area contributed by atoms with E-state index in [4.69, 9.17) is 9.84 Å². The van der Waals surface area contributed by atoms with E-state index in [1.807, 2.05) is 24.3 Å². The third kappa shape index (κ3) is 3.06. The standard InChI is InChI=1S/C12H14BrNO3/c13-10-3-1-9(2-4-10)11-7-14(5-6-17-11)12(16)8-15/h1-4,11,15H,5-8H2. The van der Waals surface area contributed by atoms with Crippen molar-refractivity contribution in [3.63, 3.8) is 0 Å². The monoisotopic (exact) mass is 299 g/mol. The predicted octanol–water partition coefficient (Wildman–Crippen LogP) is 1.34. The Morgan fingerprint density at radius 1 is 1.47 bits per heavy atom. The van der Waals surface area contributed by atoms with Gasteiger partial charge in [0.2, 0.25) is 5.91 Å². The summed E-state index contributed by atoms with van der Waals surface area (Å²) in [5.41, 5.74) is 1.05. The number of rotatable bonds is 2. The molecule has 1 aliphatic rings. The van der Waals surface area contributed by atoms with Crippen molar-refractivity contribution in [1.82, 2.24) is 4.90 Å². The van der Waals surface area contributed by atoms with E-state index in [0.717, 1.165) is 10.0 Å². The largest absolute Gasteiger partial charge is 0.387 e. The summed E-state index contributed by atoms with van der Waals surface area (Å²) in [7, 11) is 0. The van der Waals surface area contributed by atoms with Gasteiger partial charge < -0.3 is 14.7 Å². The van der Waals surface area contributed by atoms with Crippen LogP contribution in [0.3, 0.4) is 0 Å². The zero-order valence-corrected chi connectivity index (χ0v) is 10.9. The predicted molar refractivity (Wildman–Crippen MR) is 66.5 cm³/mol. The molecule has 0 spiro atoms. The average molecular weight is 300 g/mol. The SMILES string of the molecule is O=C(CO)N1CCOC(c2ccc(Br)cc2)C1. The van der Waals surface area contributed by atoms with Crippen molar-refractivity contribution in [2.45, 2.75) is 6.10 Å². The summed E-state index contributed by atoms with van der Waals surface area (Å²) in [6, 6.07) is 7.85. The smallest absolute Gasteiger partial charge is 0.248 e. The fourth-order valence-electron chi connectivity index (χ4n) is 1.85. The fourth-order valence-corrected chi connectivity index (χ4v) is 2.12. The molecule has 0 aromatic heterocycles. The van der Waals surface area contributed by atoms with Crippen LogP contribution in [0.4, 0.5) is 0 Å². The molecule has 4 nitrogen and oxygen atoms in total. The number of nitrogens with zero attached hydrogens (tertiary/aromatic N) is 1. The number of morpholine rings is 1. The maximum atomic E-state index is 11.4. The first-order valence-electron chi connectivity index (χ1n) is 5.46. The summed E-state index contributed by atoms with van der Waals surface area (Å²) in [6.07, 6.45) is -0.104. The highest BCUT2D eigenvalue weighted by Gasteiger charge is 2.24. The number of aliphatic hydroxyl groups is 1. The number of benzene rings is 1. The normalized spacial score (nSPS) is 20.4. The van der Waals surface area contributed by atoms with Gasteiger partial charge in [0.05, 0.1) is 13.2 Å². The van der Waals surface area contributed by atoms with Gasteiger partial charge in [-0.15, -0.1) is 0 Å². The lowest BCUT2D eigenvalue weighted by Gasteiger charge is -2.32. The van der Waals surface area contributed by atoms with Gasteiger partial charge in [0.25, 0.3) is 0 Å². The van der Waals surface area contributed by atoms with Gasteiger partial charge in [-0.05, 0) is 17.7 Å². The van der Waals surface area contributed by atoms with Gasteiger partial charge >= 0.3 is 0 Å². The lowest BCUT2D eigenvalue weighted by molar-refractivity contribution is -0.141. The minimum atomic E-state index is -0.437. The van der Waals surface area contributed by atoms with Gasteiger partial charge in [0, 0.05) is 11.0 Å². The highest BCUT2D eigenvalue weighted by Crippen LogP contribution is 2.23. The molecule has 92 valence electrons. The minimum absolute atomic E-state index is 0.104. The summed E-state index contributed by atoms with van der Waals surface area (Å²) in [4.78, 5) is 13.0. The van der Waals surface area contributed by atoms with E-state index >= 15 is 0 Å². The molecule has 0 radical (unpaired) electrons. The van der Waals surface area contributed by atoms with E-state index in [0.29, 0.717) is 19.7 Å². The molecule has 1 N–H and O–H groups in total. The van der Waals surface area contributed by atoms with E-state index in [9.17, 15) is 4.79 Å². The van der Waals surface area contributed by atoms with Crippen molar-refractivity contribution in [3.05, 3.63) is 34.3 Å². The van der Waals surface area contributed by atoms with E-state index in [2.05, 4.69) is 15.9 Å². The van der Waals surface area contributed by atoms with Gasteiger partial charge in [0.15, 0.2) is 0 Å². The van der Waals surface area contributed by atoms with E-state index < -0.39 is 6.61 Å².